The summed E-state index contributed by atoms with van der Waals surface area (Å²) in [5, 5.41) is 0. The molecular formula is C13H18BrNO. The van der Waals surface area contributed by atoms with Crippen LogP contribution >= 0.6 is 15.9 Å². The van der Waals surface area contributed by atoms with Gasteiger partial charge in [0.25, 0.3) is 0 Å². The third kappa shape index (κ3) is 2.46. The molecule has 1 aromatic rings. The van der Waals surface area contributed by atoms with Crippen LogP contribution in [0.3, 0.4) is 0 Å². The van der Waals surface area contributed by atoms with Crippen LogP contribution in [-0.2, 0) is 4.74 Å². The van der Waals surface area contributed by atoms with E-state index in [0.717, 1.165) is 6.61 Å². The molecule has 1 aromatic heterocycles. The van der Waals surface area contributed by atoms with Gasteiger partial charge in [-0.05, 0) is 36.0 Å². The summed E-state index contributed by atoms with van der Waals surface area (Å²) in [6.45, 7) is 5.41. The zero-order valence-corrected chi connectivity index (χ0v) is 11.4. The summed E-state index contributed by atoms with van der Waals surface area (Å²) in [6.07, 6.45) is 5.22. The van der Waals surface area contributed by atoms with Crippen molar-refractivity contribution in [3.05, 3.63) is 30.1 Å². The fraction of sp³-hybridized carbons (Fsp3) is 0.615. The van der Waals surface area contributed by atoms with Gasteiger partial charge in [0.15, 0.2) is 0 Å². The summed E-state index contributed by atoms with van der Waals surface area (Å²) in [5.41, 5.74) is 1.32. The Labute approximate surface area is 106 Å². The van der Waals surface area contributed by atoms with Crippen LogP contribution in [-0.4, -0.2) is 22.5 Å². The highest BCUT2D eigenvalue weighted by Gasteiger charge is 2.33. The van der Waals surface area contributed by atoms with Gasteiger partial charge in [0, 0.05) is 23.8 Å². The lowest BCUT2D eigenvalue weighted by atomic mass is 9.90. The van der Waals surface area contributed by atoms with E-state index in [1.54, 1.807) is 0 Å². The van der Waals surface area contributed by atoms with E-state index in [1.807, 2.05) is 12.4 Å². The molecule has 3 heteroatoms. The maximum absolute atomic E-state index is 5.81. The zero-order chi connectivity index (χ0) is 11.5. The molecule has 0 aromatic carbocycles. The van der Waals surface area contributed by atoms with Gasteiger partial charge in [-0.15, -0.1) is 0 Å². The minimum Gasteiger partial charge on any atom is -0.377 e. The Kier molecular flexibility index (Phi) is 3.98. The van der Waals surface area contributed by atoms with Crippen molar-refractivity contribution in [2.24, 2.45) is 5.92 Å². The van der Waals surface area contributed by atoms with Gasteiger partial charge in [0.1, 0.15) is 0 Å². The van der Waals surface area contributed by atoms with E-state index >= 15 is 0 Å². The van der Waals surface area contributed by atoms with Crippen molar-refractivity contribution in [3.8, 4) is 0 Å². The van der Waals surface area contributed by atoms with Gasteiger partial charge >= 0.3 is 0 Å². The van der Waals surface area contributed by atoms with Crippen LogP contribution in [0.4, 0.5) is 0 Å². The average Bonchev–Trinajstić information content (AvgIpc) is 2.75. The molecule has 4 atom stereocenters. The van der Waals surface area contributed by atoms with E-state index in [0.29, 0.717) is 22.8 Å². The molecule has 1 aliphatic heterocycles. The molecule has 0 aliphatic carbocycles. The second-order valence-corrected chi connectivity index (χ2v) is 5.67. The summed E-state index contributed by atoms with van der Waals surface area (Å²) < 4.78 is 5.81. The lowest BCUT2D eigenvalue weighted by Crippen LogP contribution is -2.29. The van der Waals surface area contributed by atoms with E-state index in [4.69, 9.17) is 4.74 Å². The Morgan fingerprint density at radius 1 is 1.44 bits per heavy atom. The van der Waals surface area contributed by atoms with Crippen molar-refractivity contribution in [1.82, 2.24) is 4.98 Å². The summed E-state index contributed by atoms with van der Waals surface area (Å²) in [4.78, 5) is 4.43. The summed E-state index contributed by atoms with van der Waals surface area (Å²) in [7, 11) is 0. The zero-order valence-electron chi connectivity index (χ0n) is 9.77. The lowest BCUT2D eigenvalue weighted by molar-refractivity contribution is 0.0888. The third-order valence-electron chi connectivity index (χ3n) is 3.47. The molecule has 0 saturated carbocycles. The second-order valence-electron chi connectivity index (χ2n) is 4.62. The number of aromatic nitrogens is 1. The minimum atomic E-state index is 0.336. The number of hydrogen-bond acceptors (Lipinski definition) is 2. The van der Waals surface area contributed by atoms with E-state index in [-0.39, 0.29) is 0 Å². The highest BCUT2D eigenvalue weighted by atomic mass is 79.9. The quantitative estimate of drug-likeness (QED) is 0.794. The minimum absolute atomic E-state index is 0.336. The van der Waals surface area contributed by atoms with Crippen molar-refractivity contribution in [1.29, 1.82) is 0 Å². The van der Waals surface area contributed by atoms with E-state index in [1.165, 1.54) is 12.0 Å². The topological polar surface area (TPSA) is 22.1 Å². The van der Waals surface area contributed by atoms with Gasteiger partial charge in [-0.1, -0.05) is 29.8 Å². The van der Waals surface area contributed by atoms with Gasteiger partial charge in [-0.2, -0.15) is 0 Å². The normalized spacial score (nSPS) is 28.9. The first kappa shape index (κ1) is 12.1. The van der Waals surface area contributed by atoms with E-state index in [2.05, 4.69) is 46.9 Å². The number of nitrogens with zero attached hydrogens (tertiary/aromatic N) is 1. The Balaban J connectivity index is 2.07. The molecular weight excluding hydrogens is 266 g/mol. The smallest absolute Gasteiger partial charge is 0.0732 e. The Hall–Kier alpha value is -0.410. The largest absolute Gasteiger partial charge is 0.377 e. The number of pyridine rings is 1. The third-order valence-corrected chi connectivity index (χ3v) is 4.78. The Morgan fingerprint density at radius 3 is 2.69 bits per heavy atom. The maximum Gasteiger partial charge on any atom is 0.0732 e. The van der Waals surface area contributed by atoms with E-state index in [9.17, 15) is 0 Å². The van der Waals surface area contributed by atoms with Gasteiger partial charge in [-0.25, -0.2) is 0 Å². The molecule has 88 valence electrons. The molecule has 0 amide bonds. The van der Waals surface area contributed by atoms with Crippen LogP contribution in [0.25, 0.3) is 0 Å². The van der Waals surface area contributed by atoms with Crippen LogP contribution in [0.5, 0.6) is 0 Å². The van der Waals surface area contributed by atoms with Crippen LogP contribution in [0, 0.1) is 5.92 Å². The number of hydrogen-bond donors (Lipinski definition) is 0. The first-order chi connectivity index (χ1) is 7.70. The molecule has 0 N–H and O–H groups in total. The highest BCUT2D eigenvalue weighted by Crippen LogP contribution is 2.35. The molecule has 1 fully saturated rings. The average molecular weight is 284 g/mol. The standard InChI is InChI=1S/C13H18BrNO/c1-9-5-8-16-13(9)12(14)10(2)11-3-6-15-7-4-11/h3-4,6-7,9-10,12-13H,5,8H2,1-2H3. The SMILES string of the molecule is CC1CCOC1C(Br)C(C)c1ccncc1. The first-order valence-corrected chi connectivity index (χ1v) is 6.77. The van der Waals surface area contributed by atoms with Gasteiger partial charge < -0.3 is 4.74 Å². The van der Waals surface area contributed by atoms with Crippen LogP contribution in [0.1, 0.15) is 31.7 Å². The number of alkyl halides is 1. The predicted molar refractivity (Wildman–Crippen MR) is 68.9 cm³/mol. The predicted octanol–water partition coefficient (Wildman–Crippen LogP) is 3.37. The van der Waals surface area contributed by atoms with Crippen molar-refractivity contribution in [2.45, 2.75) is 37.1 Å². The first-order valence-electron chi connectivity index (χ1n) is 5.85. The molecule has 0 spiro atoms. The monoisotopic (exact) mass is 283 g/mol. The van der Waals surface area contributed by atoms with E-state index < -0.39 is 0 Å². The Bertz CT molecular complexity index is 330. The molecule has 0 bridgehead atoms. The van der Waals surface area contributed by atoms with Crippen molar-refractivity contribution < 1.29 is 4.74 Å². The second kappa shape index (κ2) is 5.28. The fourth-order valence-electron chi connectivity index (χ4n) is 2.26. The molecule has 1 saturated heterocycles. The van der Waals surface area contributed by atoms with Crippen LogP contribution in [0.2, 0.25) is 0 Å². The molecule has 1 aliphatic rings. The fourth-order valence-corrected chi connectivity index (χ4v) is 3.24. The van der Waals surface area contributed by atoms with Crippen molar-refractivity contribution in [2.75, 3.05) is 6.61 Å². The number of ether oxygens (including phenoxy) is 1. The van der Waals surface area contributed by atoms with Crippen LogP contribution in [0.15, 0.2) is 24.5 Å². The summed E-state index contributed by atoms with van der Waals surface area (Å²) in [5.74, 6) is 1.10. The van der Waals surface area contributed by atoms with Crippen molar-refractivity contribution in [3.63, 3.8) is 0 Å². The van der Waals surface area contributed by atoms with Crippen molar-refractivity contribution >= 4 is 15.9 Å². The molecule has 0 radical (unpaired) electrons. The summed E-state index contributed by atoms with van der Waals surface area (Å²) in [6, 6.07) is 4.16. The molecule has 4 unspecified atom stereocenters. The van der Waals surface area contributed by atoms with Gasteiger partial charge in [-0.3, -0.25) is 4.98 Å². The lowest BCUT2D eigenvalue weighted by Gasteiger charge is -2.26. The molecule has 2 nitrogen and oxygen atoms in total. The maximum atomic E-state index is 5.81. The number of halogens is 1. The highest BCUT2D eigenvalue weighted by molar-refractivity contribution is 9.09. The Morgan fingerprint density at radius 2 is 2.12 bits per heavy atom. The summed E-state index contributed by atoms with van der Waals surface area (Å²) >= 11 is 3.80. The number of rotatable bonds is 3. The molecule has 16 heavy (non-hydrogen) atoms. The van der Waals surface area contributed by atoms with Gasteiger partial charge in [0.05, 0.1) is 6.10 Å². The van der Waals surface area contributed by atoms with Gasteiger partial charge in [0.2, 0.25) is 0 Å². The van der Waals surface area contributed by atoms with Crippen LogP contribution < -0.4 is 0 Å². The molecule has 2 heterocycles. The molecule has 2 rings (SSSR count).